The standard InChI is InChI=1S/C7H6N2O3S2/c1-11-7(10)12-3-2-13-5-4(3)14-6(8)9-5/h2H,1H3,(H2,8,9). The lowest BCUT2D eigenvalue weighted by Crippen LogP contribution is -2.06. The summed E-state index contributed by atoms with van der Waals surface area (Å²) in [6.45, 7) is 0. The normalized spacial score (nSPS) is 10.4. The number of nitrogen functional groups attached to an aromatic ring is 1. The van der Waals surface area contributed by atoms with Crippen LogP contribution in [0.2, 0.25) is 0 Å². The molecule has 0 aliphatic carbocycles. The van der Waals surface area contributed by atoms with Crippen molar-refractivity contribution in [2.45, 2.75) is 0 Å². The number of carbonyl (C=O) groups excluding carboxylic acids is 1. The van der Waals surface area contributed by atoms with Gasteiger partial charge in [0.05, 0.1) is 7.11 Å². The second kappa shape index (κ2) is 3.43. The number of ether oxygens (including phenoxy) is 2. The molecule has 0 unspecified atom stereocenters. The Balaban J connectivity index is 2.37. The number of fused-ring (bicyclic) bond motifs is 1. The van der Waals surface area contributed by atoms with E-state index in [1.54, 1.807) is 5.38 Å². The van der Waals surface area contributed by atoms with E-state index < -0.39 is 6.16 Å². The highest BCUT2D eigenvalue weighted by Crippen LogP contribution is 2.37. The number of rotatable bonds is 1. The van der Waals surface area contributed by atoms with E-state index in [1.165, 1.54) is 29.8 Å². The summed E-state index contributed by atoms with van der Waals surface area (Å²) >= 11 is 2.66. The minimum absolute atomic E-state index is 0.450. The Morgan fingerprint density at radius 2 is 2.43 bits per heavy atom. The smallest absolute Gasteiger partial charge is 0.437 e. The van der Waals surface area contributed by atoms with Crippen molar-refractivity contribution in [1.29, 1.82) is 0 Å². The van der Waals surface area contributed by atoms with E-state index in [-0.39, 0.29) is 0 Å². The topological polar surface area (TPSA) is 74.4 Å². The molecule has 0 aliphatic rings. The van der Waals surface area contributed by atoms with Crippen LogP contribution in [0, 0.1) is 0 Å². The summed E-state index contributed by atoms with van der Waals surface area (Å²) in [5.74, 6) is 0.450. The van der Waals surface area contributed by atoms with Gasteiger partial charge in [-0.2, -0.15) is 0 Å². The highest BCUT2D eigenvalue weighted by molar-refractivity contribution is 7.28. The van der Waals surface area contributed by atoms with E-state index in [0.29, 0.717) is 10.9 Å². The summed E-state index contributed by atoms with van der Waals surface area (Å²) in [6, 6.07) is 0. The average Bonchev–Trinajstić information content (AvgIpc) is 2.67. The van der Waals surface area contributed by atoms with Crippen molar-refractivity contribution < 1.29 is 14.3 Å². The molecular formula is C7H6N2O3S2. The third-order valence-electron chi connectivity index (χ3n) is 1.47. The van der Waals surface area contributed by atoms with Gasteiger partial charge < -0.3 is 15.2 Å². The number of thiazole rings is 1. The number of aromatic nitrogens is 1. The van der Waals surface area contributed by atoms with Gasteiger partial charge in [-0.3, -0.25) is 0 Å². The number of nitrogens with two attached hydrogens (primary N) is 1. The molecule has 2 aromatic rings. The lowest BCUT2D eigenvalue weighted by atomic mass is 10.6. The fraction of sp³-hybridized carbons (Fsp3) is 0.143. The number of thiophene rings is 1. The van der Waals surface area contributed by atoms with E-state index in [1.807, 2.05) is 0 Å². The van der Waals surface area contributed by atoms with Crippen LogP contribution >= 0.6 is 22.7 Å². The molecule has 0 radical (unpaired) electrons. The van der Waals surface area contributed by atoms with Gasteiger partial charge >= 0.3 is 6.16 Å². The fourth-order valence-electron chi connectivity index (χ4n) is 0.922. The van der Waals surface area contributed by atoms with Crippen LogP contribution in [0.1, 0.15) is 0 Å². The first-order chi connectivity index (χ1) is 6.70. The minimum atomic E-state index is -0.739. The Hall–Kier alpha value is -1.34. The summed E-state index contributed by atoms with van der Waals surface area (Å²) in [5, 5.41) is 2.16. The highest BCUT2D eigenvalue weighted by Gasteiger charge is 2.13. The molecule has 2 rings (SSSR count). The van der Waals surface area contributed by atoms with Crippen molar-refractivity contribution in [3.05, 3.63) is 5.38 Å². The van der Waals surface area contributed by atoms with Gasteiger partial charge in [0, 0.05) is 5.38 Å². The monoisotopic (exact) mass is 230 g/mol. The van der Waals surface area contributed by atoms with E-state index in [2.05, 4.69) is 9.72 Å². The van der Waals surface area contributed by atoms with Gasteiger partial charge in [0.15, 0.2) is 10.9 Å². The van der Waals surface area contributed by atoms with Crippen LogP contribution in [0.5, 0.6) is 5.75 Å². The maximum atomic E-state index is 10.8. The summed E-state index contributed by atoms with van der Waals surface area (Å²) in [7, 11) is 1.26. The predicted octanol–water partition coefficient (Wildman–Crippen LogP) is 2.09. The molecule has 0 fully saturated rings. The van der Waals surface area contributed by atoms with Crippen LogP contribution < -0.4 is 10.5 Å². The molecule has 5 nitrogen and oxygen atoms in total. The molecule has 0 aromatic carbocycles. The number of anilines is 1. The summed E-state index contributed by atoms with van der Waals surface area (Å²) in [6.07, 6.45) is -0.739. The van der Waals surface area contributed by atoms with Crippen LogP contribution in [0.3, 0.4) is 0 Å². The summed E-state index contributed by atoms with van der Waals surface area (Å²) in [4.78, 5) is 15.7. The van der Waals surface area contributed by atoms with E-state index >= 15 is 0 Å². The highest BCUT2D eigenvalue weighted by atomic mass is 32.1. The molecule has 14 heavy (non-hydrogen) atoms. The van der Waals surface area contributed by atoms with Crippen molar-refractivity contribution in [2.24, 2.45) is 0 Å². The molecule has 2 aromatic heterocycles. The number of hydrogen-bond donors (Lipinski definition) is 1. The van der Waals surface area contributed by atoms with Gasteiger partial charge in [0.25, 0.3) is 0 Å². The zero-order valence-electron chi connectivity index (χ0n) is 7.14. The summed E-state index contributed by atoms with van der Waals surface area (Å²) < 4.78 is 10.0. The lowest BCUT2D eigenvalue weighted by Gasteiger charge is -1.97. The second-order valence-electron chi connectivity index (χ2n) is 2.34. The Morgan fingerprint density at radius 1 is 1.64 bits per heavy atom. The van der Waals surface area contributed by atoms with Gasteiger partial charge in [-0.1, -0.05) is 11.3 Å². The molecule has 7 heteroatoms. The molecule has 0 saturated heterocycles. The SMILES string of the molecule is COC(=O)Oc1csc2nc(N)sc12. The van der Waals surface area contributed by atoms with Crippen molar-refractivity contribution in [1.82, 2.24) is 4.98 Å². The van der Waals surface area contributed by atoms with Crippen molar-refractivity contribution in [3.8, 4) is 5.75 Å². The van der Waals surface area contributed by atoms with Crippen LogP contribution in [0.15, 0.2) is 5.38 Å². The van der Waals surface area contributed by atoms with E-state index in [4.69, 9.17) is 10.5 Å². The number of methoxy groups -OCH3 is 1. The van der Waals surface area contributed by atoms with Crippen LogP contribution in [0.25, 0.3) is 9.53 Å². The first-order valence-electron chi connectivity index (χ1n) is 3.60. The molecule has 0 bridgehead atoms. The van der Waals surface area contributed by atoms with Gasteiger partial charge in [-0.05, 0) is 0 Å². The molecule has 0 saturated carbocycles. The van der Waals surface area contributed by atoms with Crippen molar-refractivity contribution >= 4 is 43.5 Å². The van der Waals surface area contributed by atoms with Crippen LogP contribution in [0.4, 0.5) is 9.93 Å². The van der Waals surface area contributed by atoms with E-state index in [9.17, 15) is 4.79 Å². The molecule has 2 heterocycles. The zero-order chi connectivity index (χ0) is 10.1. The third kappa shape index (κ3) is 1.51. The molecular weight excluding hydrogens is 224 g/mol. The Kier molecular flexibility index (Phi) is 2.26. The van der Waals surface area contributed by atoms with Crippen LogP contribution in [-0.4, -0.2) is 18.2 Å². The Bertz CT molecular complexity index is 476. The van der Waals surface area contributed by atoms with Gasteiger partial charge in [-0.15, -0.1) is 11.3 Å². The first-order valence-corrected chi connectivity index (χ1v) is 5.29. The lowest BCUT2D eigenvalue weighted by molar-refractivity contribution is 0.122. The van der Waals surface area contributed by atoms with Gasteiger partial charge in [0.1, 0.15) is 9.53 Å². The quantitative estimate of drug-likeness (QED) is 0.759. The Morgan fingerprint density at radius 3 is 3.14 bits per heavy atom. The number of nitrogens with zero attached hydrogens (tertiary/aromatic N) is 1. The Labute approximate surface area is 87.1 Å². The molecule has 2 N–H and O–H groups in total. The van der Waals surface area contributed by atoms with Crippen molar-refractivity contribution in [2.75, 3.05) is 12.8 Å². The maximum absolute atomic E-state index is 10.8. The molecule has 74 valence electrons. The molecule has 0 spiro atoms. The summed E-state index contributed by atoms with van der Waals surface area (Å²) in [5.41, 5.74) is 5.51. The largest absolute Gasteiger partial charge is 0.513 e. The number of carbonyl (C=O) groups is 1. The van der Waals surface area contributed by atoms with Gasteiger partial charge in [0.2, 0.25) is 0 Å². The van der Waals surface area contributed by atoms with Crippen LogP contribution in [-0.2, 0) is 4.74 Å². The first kappa shape index (κ1) is 9.22. The molecule has 0 amide bonds. The van der Waals surface area contributed by atoms with E-state index in [0.717, 1.165) is 9.53 Å². The fourth-order valence-corrected chi connectivity index (χ4v) is 2.75. The molecule has 0 aliphatic heterocycles. The predicted molar refractivity (Wildman–Crippen MR) is 54.9 cm³/mol. The zero-order valence-corrected chi connectivity index (χ0v) is 8.78. The number of hydrogen-bond acceptors (Lipinski definition) is 7. The average molecular weight is 230 g/mol. The minimum Gasteiger partial charge on any atom is -0.437 e. The van der Waals surface area contributed by atoms with Crippen molar-refractivity contribution in [3.63, 3.8) is 0 Å². The second-order valence-corrected chi connectivity index (χ2v) is 4.23. The maximum Gasteiger partial charge on any atom is 0.513 e. The third-order valence-corrected chi connectivity index (χ3v) is 3.35. The molecule has 0 atom stereocenters. The van der Waals surface area contributed by atoms with Gasteiger partial charge in [-0.25, -0.2) is 9.78 Å².